The maximum absolute atomic E-state index is 13.9. The van der Waals surface area contributed by atoms with Gasteiger partial charge in [-0.05, 0) is 65.9 Å². The quantitative estimate of drug-likeness (QED) is 0.477. The van der Waals surface area contributed by atoms with Crippen LogP contribution in [0.3, 0.4) is 0 Å². The van der Waals surface area contributed by atoms with Crippen LogP contribution in [0.1, 0.15) is 35.6 Å². The van der Waals surface area contributed by atoms with E-state index >= 15 is 0 Å². The van der Waals surface area contributed by atoms with Gasteiger partial charge in [0.05, 0.1) is 11.6 Å². The summed E-state index contributed by atoms with van der Waals surface area (Å²) < 4.78 is 20.1. The van der Waals surface area contributed by atoms with Gasteiger partial charge in [0, 0.05) is 44.7 Å². The summed E-state index contributed by atoms with van der Waals surface area (Å²) in [6.45, 7) is 2.68. The van der Waals surface area contributed by atoms with Crippen molar-refractivity contribution in [3.63, 3.8) is 0 Å². The monoisotopic (exact) mass is 482 g/mol. The third kappa shape index (κ3) is 5.93. The molecule has 1 atom stereocenters. The van der Waals surface area contributed by atoms with Crippen molar-refractivity contribution in [3.8, 4) is 5.75 Å². The number of halogens is 2. The SMILES string of the molecule is C[C@]1(Cc2ccc(Cl)c(F)c2)Cc2cc(CCC(=O)N(CCO)Cc3ccncc3)ccc2O1. The molecule has 1 amide bonds. The van der Waals surface area contributed by atoms with E-state index in [-0.39, 0.29) is 17.5 Å². The molecule has 0 spiro atoms. The van der Waals surface area contributed by atoms with Crippen molar-refractivity contribution in [2.45, 2.75) is 44.8 Å². The lowest BCUT2D eigenvalue weighted by Gasteiger charge is -2.24. The first-order valence-electron chi connectivity index (χ1n) is 11.4. The van der Waals surface area contributed by atoms with Crippen molar-refractivity contribution in [1.82, 2.24) is 9.88 Å². The van der Waals surface area contributed by atoms with Crippen molar-refractivity contribution < 1.29 is 19.0 Å². The summed E-state index contributed by atoms with van der Waals surface area (Å²) in [5.41, 5.74) is 3.49. The van der Waals surface area contributed by atoms with Crippen LogP contribution in [0.4, 0.5) is 4.39 Å². The molecule has 1 aromatic heterocycles. The lowest BCUT2D eigenvalue weighted by Crippen LogP contribution is -2.33. The Morgan fingerprint density at radius 3 is 2.65 bits per heavy atom. The molecule has 5 nitrogen and oxygen atoms in total. The largest absolute Gasteiger partial charge is 0.487 e. The van der Waals surface area contributed by atoms with E-state index in [0.717, 1.165) is 28.0 Å². The Labute approximate surface area is 204 Å². The van der Waals surface area contributed by atoms with Gasteiger partial charge in [0.2, 0.25) is 5.91 Å². The van der Waals surface area contributed by atoms with Crippen LogP contribution in [-0.2, 0) is 30.6 Å². The molecule has 4 rings (SSSR count). The van der Waals surface area contributed by atoms with Gasteiger partial charge in [0.15, 0.2) is 0 Å². The highest BCUT2D eigenvalue weighted by Crippen LogP contribution is 2.38. The third-order valence-corrected chi connectivity index (χ3v) is 6.39. The molecule has 1 aliphatic heterocycles. The van der Waals surface area contributed by atoms with Crippen LogP contribution >= 0.6 is 11.6 Å². The number of hydrogen-bond donors (Lipinski definition) is 1. The number of carbonyl (C=O) groups is 1. The Bertz CT molecular complexity index is 1160. The summed E-state index contributed by atoms with van der Waals surface area (Å²) in [5.74, 6) is 0.397. The number of aryl methyl sites for hydroxylation is 1. The number of fused-ring (bicyclic) bond motifs is 1. The van der Waals surface area contributed by atoms with Gasteiger partial charge >= 0.3 is 0 Å². The third-order valence-electron chi connectivity index (χ3n) is 6.08. The molecule has 0 radical (unpaired) electrons. The minimum Gasteiger partial charge on any atom is -0.487 e. The van der Waals surface area contributed by atoms with E-state index in [9.17, 15) is 14.3 Å². The summed E-state index contributed by atoms with van der Waals surface area (Å²) in [6.07, 6.45) is 5.61. The first-order chi connectivity index (χ1) is 16.3. The van der Waals surface area contributed by atoms with Crippen molar-refractivity contribution in [3.05, 3.63) is 94.0 Å². The first kappa shape index (κ1) is 24.2. The molecule has 3 aromatic rings. The number of aromatic nitrogens is 1. The fourth-order valence-electron chi connectivity index (χ4n) is 4.44. The first-order valence-corrected chi connectivity index (χ1v) is 11.8. The zero-order valence-corrected chi connectivity index (χ0v) is 19.9. The van der Waals surface area contributed by atoms with Crippen LogP contribution in [0.15, 0.2) is 60.9 Å². The maximum atomic E-state index is 13.9. The van der Waals surface area contributed by atoms with Crippen molar-refractivity contribution in [2.75, 3.05) is 13.2 Å². The normalized spacial score (nSPS) is 16.7. The predicted octanol–water partition coefficient (Wildman–Crippen LogP) is 4.76. The van der Waals surface area contributed by atoms with Gasteiger partial charge in [-0.15, -0.1) is 0 Å². The van der Waals surface area contributed by atoms with E-state index in [2.05, 4.69) is 11.1 Å². The van der Waals surface area contributed by atoms with E-state index in [1.54, 1.807) is 23.4 Å². The molecule has 7 heteroatoms. The lowest BCUT2D eigenvalue weighted by atomic mass is 9.91. The average molecular weight is 483 g/mol. The molecule has 34 heavy (non-hydrogen) atoms. The molecule has 1 N–H and O–H groups in total. The molecule has 0 bridgehead atoms. The Kier molecular flexibility index (Phi) is 7.49. The summed E-state index contributed by atoms with van der Waals surface area (Å²) in [6, 6.07) is 14.6. The highest BCUT2D eigenvalue weighted by molar-refractivity contribution is 6.30. The molecule has 2 aromatic carbocycles. The minimum absolute atomic E-state index is 0.00258. The second-order valence-electron chi connectivity index (χ2n) is 8.99. The number of pyridine rings is 1. The molecule has 0 fully saturated rings. The number of hydrogen-bond acceptors (Lipinski definition) is 4. The Hall–Kier alpha value is -2.96. The fraction of sp³-hybridized carbons (Fsp3) is 0.333. The molecular formula is C27H28ClFN2O3. The van der Waals surface area contributed by atoms with Crippen LogP contribution < -0.4 is 4.74 Å². The molecule has 0 aliphatic carbocycles. The Morgan fingerprint density at radius 2 is 1.91 bits per heavy atom. The Balaban J connectivity index is 1.37. The standard InChI is InChI=1S/C27H28ClFN2O3/c1-27(16-21-2-5-23(28)24(29)15-21)17-22-14-19(3-6-25(22)34-27)4-7-26(33)31(12-13-32)18-20-8-10-30-11-9-20/h2-3,5-6,8-11,14-15,32H,4,7,12-13,16-18H2,1H3/t27-/m0/s1. The van der Waals surface area contributed by atoms with Crippen LogP contribution in [0.5, 0.6) is 5.75 Å². The van der Waals surface area contributed by atoms with E-state index in [1.807, 2.05) is 37.3 Å². The number of carbonyl (C=O) groups excluding carboxylic acids is 1. The van der Waals surface area contributed by atoms with E-state index in [0.29, 0.717) is 38.8 Å². The molecule has 2 heterocycles. The van der Waals surface area contributed by atoms with Crippen molar-refractivity contribution >= 4 is 17.5 Å². The number of benzene rings is 2. The van der Waals surface area contributed by atoms with Crippen LogP contribution in [-0.4, -0.2) is 39.7 Å². The second kappa shape index (κ2) is 10.5. The number of nitrogens with zero attached hydrogens (tertiary/aromatic N) is 2. The maximum Gasteiger partial charge on any atom is 0.223 e. The second-order valence-corrected chi connectivity index (χ2v) is 9.40. The highest BCUT2D eigenvalue weighted by Gasteiger charge is 2.35. The Morgan fingerprint density at radius 1 is 1.15 bits per heavy atom. The molecule has 178 valence electrons. The summed E-state index contributed by atoms with van der Waals surface area (Å²) in [5, 5.41) is 9.50. The van der Waals surface area contributed by atoms with Crippen LogP contribution in [0.2, 0.25) is 5.02 Å². The zero-order chi connectivity index (χ0) is 24.1. The summed E-state index contributed by atoms with van der Waals surface area (Å²) in [7, 11) is 0. The molecule has 1 aliphatic rings. The van der Waals surface area contributed by atoms with Gasteiger partial charge in [-0.25, -0.2) is 4.39 Å². The number of amides is 1. The topological polar surface area (TPSA) is 62.7 Å². The van der Waals surface area contributed by atoms with Crippen LogP contribution in [0.25, 0.3) is 0 Å². The van der Waals surface area contributed by atoms with Gasteiger partial charge in [-0.1, -0.05) is 29.8 Å². The summed E-state index contributed by atoms with van der Waals surface area (Å²) >= 11 is 5.80. The molecular weight excluding hydrogens is 455 g/mol. The molecule has 0 saturated heterocycles. The van der Waals surface area contributed by atoms with E-state index in [4.69, 9.17) is 16.3 Å². The number of aliphatic hydroxyl groups excluding tert-OH is 1. The van der Waals surface area contributed by atoms with E-state index < -0.39 is 11.4 Å². The number of ether oxygens (including phenoxy) is 1. The molecule has 0 unspecified atom stereocenters. The van der Waals surface area contributed by atoms with Gasteiger partial charge in [-0.3, -0.25) is 9.78 Å². The van der Waals surface area contributed by atoms with Gasteiger partial charge in [0.1, 0.15) is 17.2 Å². The van der Waals surface area contributed by atoms with E-state index in [1.165, 1.54) is 6.07 Å². The minimum atomic E-state index is -0.473. The average Bonchev–Trinajstić information content (AvgIpc) is 3.15. The van der Waals surface area contributed by atoms with Gasteiger partial charge in [-0.2, -0.15) is 0 Å². The number of aliphatic hydroxyl groups is 1. The van der Waals surface area contributed by atoms with Gasteiger partial charge < -0.3 is 14.7 Å². The summed E-state index contributed by atoms with van der Waals surface area (Å²) in [4.78, 5) is 18.5. The lowest BCUT2D eigenvalue weighted by molar-refractivity contribution is -0.132. The molecule has 0 saturated carbocycles. The van der Waals surface area contributed by atoms with Crippen LogP contribution in [0, 0.1) is 5.82 Å². The smallest absolute Gasteiger partial charge is 0.223 e. The predicted molar refractivity (Wildman–Crippen MR) is 129 cm³/mol. The highest BCUT2D eigenvalue weighted by atomic mass is 35.5. The number of rotatable bonds is 9. The van der Waals surface area contributed by atoms with Crippen molar-refractivity contribution in [2.24, 2.45) is 0 Å². The van der Waals surface area contributed by atoms with Crippen molar-refractivity contribution in [1.29, 1.82) is 0 Å². The fourth-order valence-corrected chi connectivity index (χ4v) is 4.56. The zero-order valence-electron chi connectivity index (χ0n) is 19.1. The van der Waals surface area contributed by atoms with Gasteiger partial charge in [0.25, 0.3) is 0 Å².